The lowest BCUT2D eigenvalue weighted by Gasteiger charge is -2.31. The zero-order chi connectivity index (χ0) is 18.8. The fraction of sp³-hybridized carbons (Fsp3) is 0.429. The number of rotatable bonds is 6. The second-order valence-corrected chi connectivity index (χ2v) is 8.28. The Morgan fingerprint density at radius 1 is 1.37 bits per heavy atom. The second-order valence-electron chi connectivity index (χ2n) is 7.33. The summed E-state index contributed by atoms with van der Waals surface area (Å²) in [5.41, 5.74) is 2.51. The van der Waals surface area contributed by atoms with Crippen LogP contribution in [0.3, 0.4) is 0 Å². The van der Waals surface area contributed by atoms with Crippen molar-refractivity contribution in [1.29, 1.82) is 5.41 Å². The Bertz CT molecular complexity index is 834. The zero-order valence-electron chi connectivity index (χ0n) is 15.6. The van der Waals surface area contributed by atoms with E-state index in [0.29, 0.717) is 18.2 Å². The van der Waals surface area contributed by atoms with E-state index in [2.05, 4.69) is 11.9 Å². The Hall–Kier alpha value is -2.18. The molecule has 1 aromatic heterocycles. The van der Waals surface area contributed by atoms with E-state index in [9.17, 15) is 4.79 Å². The topological polar surface area (TPSA) is 56.6 Å². The third-order valence-electron chi connectivity index (χ3n) is 5.52. The van der Waals surface area contributed by atoms with Gasteiger partial charge in [-0.15, -0.1) is 11.3 Å². The van der Waals surface area contributed by atoms with Crippen molar-refractivity contribution in [3.63, 3.8) is 0 Å². The number of amides is 1. The van der Waals surface area contributed by atoms with E-state index in [1.54, 1.807) is 11.3 Å². The molecule has 1 fully saturated rings. The summed E-state index contributed by atoms with van der Waals surface area (Å²) < 4.78 is 5.70. The highest BCUT2D eigenvalue weighted by atomic mass is 32.1. The van der Waals surface area contributed by atoms with E-state index in [1.165, 1.54) is 12.8 Å². The molecule has 0 bridgehead atoms. The van der Waals surface area contributed by atoms with Crippen LogP contribution >= 0.6 is 11.3 Å². The molecule has 2 aromatic rings. The minimum absolute atomic E-state index is 0.0298. The Balaban J connectivity index is 1.47. The molecule has 0 radical (unpaired) electrons. The Morgan fingerprint density at radius 3 is 3.00 bits per heavy atom. The molecule has 1 saturated heterocycles. The fourth-order valence-corrected chi connectivity index (χ4v) is 4.64. The highest BCUT2D eigenvalue weighted by Crippen LogP contribution is 2.34. The first-order chi connectivity index (χ1) is 13.1. The van der Waals surface area contributed by atoms with E-state index in [4.69, 9.17) is 10.1 Å². The van der Waals surface area contributed by atoms with Crippen molar-refractivity contribution in [1.82, 2.24) is 4.90 Å². The van der Waals surface area contributed by atoms with Gasteiger partial charge in [-0.3, -0.25) is 4.79 Å². The lowest BCUT2D eigenvalue weighted by atomic mass is 10.0. The molecule has 0 spiro atoms. The molecule has 1 amide bonds. The number of likely N-dealkylation sites (tertiary alicyclic amines) is 1. The van der Waals surface area contributed by atoms with Crippen molar-refractivity contribution in [3.8, 4) is 5.75 Å². The van der Waals surface area contributed by atoms with Crippen LogP contribution in [0.1, 0.15) is 29.7 Å². The largest absolute Gasteiger partial charge is 0.482 e. The molecular weight excluding hydrogens is 358 g/mol. The average Bonchev–Trinajstić information content (AvgIpc) is 3.33. The van der Waals surface area contributed by atoms with E-state index in [-0.39, 0.29) is 12.5 Å². The molecule has 4 rings (SSSR count). The summed E-state index contributed by atoms with van der Waals surface area (Å²) in [5.74, 6) is 0.785. The van der Waals surface area contributed by atoms with Crippen LogP contribution in [-0.2, 0) is 11.2 Å². The summed E-state index contributed by atoms with van der Waals surface area (Å²) in [6, 6.07) is 10.5. The second kappa shape index (κ2) is 7.82. The average molecular weight is 384 g/mol. The summed E-state index contributed by atoms with van der Waals surface area (Å²) in [4.78, 5) is 17.7. The molecule has 2 aliphatic rings. The van der Waals surface area contributed by atoms with E-state index >= 15 is 0 Å². The van der Waals surface area contributed by atoms with Gasteiger partial charge in [-0.25, -0.2) is 0 Å². The molecule has 6 heteroatoms. The maximum Gasteiger partial charge on any atom is 0.265 e. The lowest BCUT2D eigenvalue weighted by Crippen LogP contribution is -2.41. The van der Waals surface area contributed by atoms with Crippen LogP contribution in [0.4, 0.5) is 5.69 Å². The summed E-state index contributed by atoms with van der Waals surface area (Å²) in [6.45, 7) is 1.98. The fourth-order valence-electron chi connectivity index (χ4n) is 3.97. The first kappa shape index (κ1) is 18.2. The van der Waals surface area contributed by atoms with Gasteiger partial charge in [0, 0.05) is 23.9 Å². The third kappa shape index (κ3) is 3.92. The predicted molar refractivity (Wildman–Crippen MR) is 109 cm³/mol. The van der Waals surface area contributed by atoms with Gasteiger partial charge >= 0.3 is 0 Å². The van der Waals surface area contributed by atoms with Crippen molar-refractivity contribution in [2.45, 2.75) is 31.7 Å². The number of nitrogens with one attached hydrogen (secondary N) is 1. The van der Waals surface area contributed by atoms with Gasteiger partial charge in [-0.05, 0) is 62.0 Å². The third-order valence-corrected chi connectivity index (χ3v) is 6.45. The highest BCUT2D eigenvalue weighted by Gasteiger charge is 2.28. The van der Waals surface area contributed by atoms with E-state index in [0.717, 1.165) is 41.4 Å². The Labute approximate surface area is 164 Å². The number of anilines is 1. The molecule has 0 saturated carbocycles. The monoisotopic (exact) mass is 383 g/mol. The number of fused-ring (bicyclic) bond motifs is 1. The molecule has 0 aliphatic carbocycles. The molecule has 1 atom stereocenters. The van der Waals surface area contributed by atoms with Crippen LogP contribution in [0.15, 0.2) is 35.7 Å². The minimum Gasteiger partial charge on any atom is -0.482 e. The number of carbonyl (C=O) groups is 1. The smallest absolute Gasteiger partial charge is 0.265 e. The first-order valence-electron chi connectivity index (χ1n) is 9.49. The summed E-state index contributed by atoms with van der Waals surface area (Å²) in [7, 11) is 2.17. The molecule has 1 aromatic carbocycles. The molecule has 5 nitrogen and oxygen atoms in total. The Kier molecular flexibility index (Phi) is 5.27. The maximum absolute atomic E-state index is 12.4. The van der Waals surface area contributed by atoms with Crippen LogP contribution in [0.2, 0.25) is 0 Å². The SMILES string of the molecule is CN1CCCC1CCN1C(=O)COc2cc(CC(=N)c3cccs3)ccc21. The van der Waals surface area contributed by atoms with Gasteiger partial charge < -0.3 is 19.9 Å². The van der Waals surface area contributed by atoms with Gasteiger partial charge in [-0.1, -0.05) is 12.1 Å². The van der Waals surface area contributed by atoms with Crippen molar-refractivity contribution < 1.29 is 9.53 Å². The summed E-state index contributed by atoms with van der Waals surface area (Å²) in [6.07, 6.45) is 4.02. The van der Waals surface area contributed by atoms with Gasteiger partial charge in [0.2, 0.25) is 0 Å². The van der Waals surface area contributed by atoms with Crippen LogP contribution in [-0.4, -0.2) is 49.3 Å². The van der Waals surface area contributed by atoms with Crippen LogP contribution in [0.25, 0.3) is 0 Å². The first-order valence-corrected chi connectivity index (χ1v) is 10.4. The van der Waals surface area contributed by atoms with Crippen LogP contribution in [0.5, 0.6) is 5.75 Å². The predicted octanol–water partition coefficient (Wildman–Crippen LogP) is 3.57. The number of benzene rings is 1. The number of hydrogen-bond donors (Lipinski definition) is 1. The van der Waals surface area contributed by atoms with Gasteiger partial charge in [0.15, 0.2) is 6.61 Å². The normalized spacial score (nSPS) is 19.8. The molecule has 142 valence electrons. The maximum atomic E-state index is 12.4. The van der Waals surface area contributed by atoms with E-state index < -0.39 is 0 Å². The van der Waals surface area contributed by atoms with Crippen LogP contribution < -0.4 is 9.64 Å². The number of thiophene rings is 1. The van der Waals surface area contributed by atoms with Crippen molar-refractivity contribution >= 4 is 28.6 Å². The van der Waals surface area contributed by atoms with Crippen LogP contribution in [0, 0.1) is 5.41 Å². The highest BCUT2D eigenvalue weighted by molar-refractivity contribution is 7.12. The standard InChI is InChI=1S/C21H25N3O2S/c1-23-9-2-4-16(23)8-10-24-18-7-6-15(13-19(18)26-14-21(24)25)12-17(22)20-5-3-11-27-20/h3,5-7,11,13,16,22H,2,4,8-10,12,14H2,1H3. The molecule has 27 heavy (non-hydrogen) atoms. The lowest BCUT2D eigenvalue weighted by molar-refractivity contribution is -0.121. The molecule has 1 N–H and O–H groups in total. The Morgan fingerprint density at radius 2 is 2.26 bits per heavy atom. The molecular formula is C21H25N3O2S. The molecule has 3 heterocycles. The number of ether oxygens (including phenoxy) is 1. The quantitative estimate of drug-likeness (QED) is 0.776. The zero-order valence-corrected chi connectivity index (χ0v) is 16.4. The van der Waals surface area contributed by atoms with Crippen molar-refractivity contribution in [2.24, 2.45) is 0 Å². The molecule has 2 aliphatic heterocycles. The molecule has 1 unspecified atom stereocenters. The summed E-state index contributed by atoms with van der Waals surface area (Å²) >= 11 is 1.59. The van der Waals surface area contributed by atoms with Gasteiger partial charge in [0.25, 0.3) is 5.91 Å². The number of carbonyl (C=O) groups excluding carboxylic acids is 1. The summed E-state index contributed by atoms with van der Waals surface area (Å²) in [5, 5.41) is 10.3. The van der Waals surface area contributed by atoms with Gasteiger partial charge in [-0.2, -0.15) is 0 Å². The van der Waals surface area contributed by atoms with Crippen molar-refractivity contribution in [3.05, 3.63) is 46.2 Å². The number of hydrogen-bond acceptors (Lipinski definition) is 5. The van der Waals surface area contributed by atoms with Crippen molar-refractivity contribution in [2.75, 3.05) is 31.6 Å². The van der Waals surface area contributed by atoms with Gasteiger partial charge in [0.05, 0.1) is 11.4 Å². The van der Waals surface area contributed by atoms with E-state index in [1.807, 2.05) is 40.6 Å². The van der Waals surface area contributed by atoms with Gasteiger partial charge in [0.1, 0.15) is 5.75 Å². The number of nitrogens with zero attached hydrogens (tertiary/aromatic N) is 2. The minimum atomic E-state index is 0.0298.